The van der Waals surface area contributed by atoms with Crippen molar-refractivity contribution in [1.82, 2.24) is 10.2 Å². The Kier molecular flexibility index (Phi) is 2.87. The van der Waals surface area contributed by atoms with E-state index in [1.165, 1.54) is 0 Å². The second-order valence-corrected chi connectivity index (χ2v) is 6.64. The van der Waals surface area contributed by atoms with E-state index < -0.39 is 0 Å². The van der Waals surface area contributed by atoms with Gasteiger partial charge in [-0.1, -0.05) is 0 Å². The van der Waals surface area contributed by atoms with Crippen molar-refractivity contribution in [1.29, 1.82) is 0 Å². The van der Waals surface area contributed by atoms with Gasteiger partial charge < -0.3 is 19.7 Å². The number of amides is 1. The van der Waals surface area contributed by atoms with Crippen LogP contribution in [0.25, 0.3) is 0 Å². The number of hydrogen-bond donors (Lipinski definition) is 1. The lowest BCUT2D eigenvalue weighted by molar-refractivity contribution is -0.140. The largest absolute Gasteiger partial charge is 0.456 e. The molecule has 0 aromatic heterocycles. The number of esters is 1. The summed E-state index contributed by atoms with van der Waals surface area (Å²) < 4.78 is 10.6. The van der Waals surface area contributed by atoms with Gasteiger partial charge in [-0.2, -0.15) is 0 Å². The standard InChI is InChI=1S/C15H20N2O4/c1-9-12(8-21-13(9)18)17-3-2-15(14(17)19)4-10-6-20-7-11(5-15)16-10/h10-11,16H,2-8H2,1H3/t10-,11+,15?. The van der Waals surface area contributed by atoms with Crippen LogP contribution in [0.4, 0.5) is 0 Å². The van der Waals surface area contributed by atoms with Crippen LogP contribution in [-0.4, -0.2) is 55.2 Å². The van der Waals surface area contributed by atoms with Gasteiger partial charge in [0, 0.05) is 18.6 Å². The van der Waals surface area contributed by atoms with Gasteiger partial charge in [0.25, 0.3) is 0 Å². The van der Waals surface area contributed by atoms with Crippen LogP contribution in [0.5, 0.6) is 0 Å². The number of morpholine rings is 1. The molecule has 0 saturated carbocycles. The molecule has 3 fully saturated rings. The third-order valence-corrected chi connectivity index (χ3v) is 5.30. The number of nitrogens with one attached hydrogen (secondary N) is 1. The number of piperidine rings is 1. The zero-order chi connectivity index (χ0) is 14.6. The number of hydrogen-bond acceptors (Lipinski definition) is 5. The molecule has 21 heavy (non-hydrogen) atoms. The second-order valence-electron chi connectivity index (χ2n) is 6.64. The Morgan fingerprint density at radius 2 is 1.95 bits per heavy atom. The average molecular weight is 292 g/mol. The molecule has 1 unspecified atom stereocenters. The maximum Gasteiger partial charge on any atom is 0.336 e. The van der Waals surface area contributed by atoms with E-state index in [4.69, 9.17) is 9.47 Å². The van der Waals surface area contributed by atoms with Crippen molar-refractivity contribution in [2.45, 2.75) is 38.3 Å². The Morgan fingerprint density at radius 1 is 1.24 bits per heavy atom. The zero-order valence-corrected chi connectivity index (χ0v) is 12.2. The van der Waals surface area contributed by atoms with Crippen molar-refractivity contribution >= 4 is 11.9 Å². The van der Waals surface area contributed by atoms with Crippen molar-refractivity contribution < 1.29 is 19.1 Å². The number of carbonyl (C=O) groups excluding carboxylic acids is 2. The van der Waals surface area contributed by atoms with Crippen LogP contribution in [0, 0.1) is 5.41 Å². The minimum absolute atomic E-state index is 0.175. The lowest BCUT2D eigenvalue weighted by Gasteiger charge is -2.44. The van der Waals surface area contributed by atoms with E-state index in [0.29, 0.717) is 25.3 Å². The van der Waals surface area contributed by atoms with E-state index in [-0.39, 0.29) is 36.0 Å². The summed E-state index contributed by atoms with van der Waals surface area (Å²) in [5, 5.41) is 3.54. The molecule has 1 amide bonds. The molecule has 0 aliphatic carbocycles. The van der Waals surface area contributed by atoms with E-state index in [2.05, 4.69) is 5.32 Å². The van der Waals surface area contributed by atoms with Crippen molar-refractivity contribution in [3.05, 3.63) is 11.3 Å². The highest BCUT2D eigenvalue weighted by atomic mass is 16.5. The van der Waals surface area contributed by atoms with Gasteiger partial charge in [-0.15, -0.1) is 0 Å². The fourth-order valence-corrected chi connectivity index (χ4v) is 4.25. The molecular weight excluding hydrogens is 272 g/mol. The summed E-state index contributed by atoms with van der Waals surface area (Å²) in [4.78, 5) is 26.3. The fourth-order valence-electron chi connectivity index (χ4n) is 4.25. The minimum Gasteiger partial charge on any atom is -0.456 e. The molecule has 4 rings (SSSR count). The molecule has 4 aliphatic heterocycles. The number of cyclic esters (lactones) is 1. The molecule has 6 heteroatoms. The quantitative estimate of drug-likeness (QED) is 0.699. The SMILES string of the molecule is CC1=C(N2CCC3(C[C@H]4COC[C@@H](C3)N4)C2=O)COC1=O. The highest BCUT2D eigenvalue weighted by Gasteiger charge is 2.53. The maximum absolute atomic E-state index is 13.0. The molecule has 0 radical (unpaired) electrons. The van der Waals surface area contributed by atoms with Crippen LogP contribution < -0.4 is 5.32 Å². The molecule has 2 bridgehead atoms. The monoisotopic (exact) mass is 292 g/mol. The van der Waals surface area contributed by atoms with Gasteiger partial charge >= 0.3 is 5.97 Å². The van der Waals surface area contributed by atoms with Crippen LogP contribution >= 0.6 is 0 Å². The lowest BCUT2D eigenvalue weighted by atomic mass is 9.71. The van der Waals surface area contributed by atoms with E-state index in [0.717, 1.165) is 25.0 Å². The molecule has 6 nitrogen and oxygen atoms in total. The van der Waals surface area contributed by atoms with E-state index in [9.17, 15) is 9.59 Å². The summed E-state index contributed by atoms with van der Waals surface area (Å²) in [5.74, 6) is -0.122. The third-order valence-electron chi connectivity index (χ3n) is 5.30. The average Bonchev–Trinajstić information content (AvgIpc) is 2.93. The second kappa shape index (κ2) is 4.55. The molecule has 0 aromatic rings. The maximum atomic E-state index is 13.0. The lowest BCUT2D eigenvalue weighted by Crippen LogP contribution is -2.59. The molecule has 4 aliphatic rings. The zero-order valence-electron chi connectivity index (χ0n) is 12.2. The summed E-state index contributed by atoms with van der Waals surface area (Å²) in [6.45, 7) is 4.06. The Labute approximate surface area is 123 Å². The molecule has 1 N–H and O–H groups in total. The summed E-state index contributed by atoms with van der Waals surface area (Å²) in [7, 11) is 0. The molecule has 4 heterocycles. The normalized spacial score (nSPS) is 39.4. The number of carbonyl (C=O) groups is 2. The Hall–Kier alpha value is -1.40. The fraction of sp³-hybridized carbons (Fsp3) is 0.733. The number of fused-ring (bicyclic) bond motifs is 2. The summed E-state index contributed by atoms with van der Waals surface area (Å²) in [5.41, 5.74) is 1.07. The van der Waals surface area contributed by atoms with Gasteiger partial charge in [-0.3, -0.25) is 4.79 Å². The Morgan fingerprint density at radius 3 is 2.57 bits per heavy atom. The Bertz CT molecular complexity index is 530. The van der Waals surface area contributed by atoms with Crippen molar-refractivity contribution in [2.75, 3.05) is 26.4 Å². The van der Waals surface area contributed by atoms with Crippen LogP contribution in [0.3, 0.4) is 0 Å². The first-order chi connectivity index (χ1) is 10.1. The molecule has 3 saturated heterocycles. The van der Waals surface area contributed by atoms with Crippen LogP contribution in [-0.2, 0) is 19.1 Å². The molecule has 0 aromatic carbocycles. The van der Waals surface area contributed by atoms with Gasteiger partial charge in [0.2, 0.25) is 5.91 Å². The summed E-state index contributed by atoms with van der Waals surface area (Å²) in [6.07, 6.45) is 2.53. The minimum atomic E-state index is -0.297. The first-order valence-electron chi connectivity index (χ1n) is 7.62. The van der Waals surface area contributed by atoms with Gasteiger partial charge in [0.15, 0.2) is 0 Å². The predicted molar refractivity (Wildman–Crippen MR) is 73.2 cm³/mol. The Balaban J connectivity index is 1.60. The highest BCUT2D eigenvalue weighted by molar-refractivity contribution is 5.94. The van der Waals surface area contributed by atoms with E-state index >= 15 is 0 Å². The van der Waals surface area contributed by atoms with Crippen LogP contribution in [0.15, 0.2) is 11.3 Å². The van der Waals surface area contributed by atoms with Crippen molar-refractivity contribution in [3.8, 4) is 0 Å². The number of rotatable bonds is 1. The van der Waals surface area contributed by atoms with E-state index in [1.807, 2.05) is 0 Å². The first-order valence-corrected chi connectivity index (χ1v) is 7.62. The van der Waals surface area contributed by atoms with Crippen LogP contribution in [0.1, 0.15) is 26.2 Å². The third kappa shape index (κ3) is 1.92. The molecular formula is C15H20N2O4. The van der Waals surface area contributed by atoms with Crippen LogP contribution in [0.2, 0.25) is 0 Å². The molecule has 114 valence electrons. The number of ether oxygens (including phenoxy) is 2. The first kappa shape index (κ1) is 13.3. The molecule has 1 spiro atoms. The van der Waals surface area contributed by atoms with E-state index in [1.54, 1.807) is 11.8 Å². The predicted octanol–water partition coefficient (Wildman–Crippen LogP) is 0.187. The summed E-state index contributed by atoms with van der Waals surface area (Å²) >= 11 is 0. The number of likely N-dealkylation sites (tertiary alicyclic amines) is 1. The highest BCUT2D eigenvalue weighted by Crippen LogP contribution is 2.46. The van der Waals surface area contributed by atoms with Crippen molar-refractivity contribution in [3.63, 3.8) is 0 Å². The topological polar surface area (TPSA) is 67.9 Å². The smallest absolute Gasteiger partial charge is 0.336 e. The number of nitrogens with zero attached hydrogens (tertiary/aromatic N) is 1. The van der Waals surface area contributed by atoms with Gasteiger partial charge in [-0.05, 0) is 26.2 Å². The van der Waals surface area contributed by atoms with Gasteiger partial charge in [0.05, 0.1) is 29.9 Å². The van der Waals surface area contributed by atoms with Gasteiger partial charge in [-0.25, -0.2) is 4.79 Å². The summed E-state index contributed by atoms with van der Waals surface area (Å²) in [6, 6.07) is 0.552. The molecule has 3 atom stereocenters. The van der Waals surface area contributed by atoms with Crippen molar-refractivity contribution in [2.24, 2.45) is 5.41 Å². The van der Waals surface area contributed by atoms with Gasteiger partial charge in [0.1, 0.15) is 6.61 Å².